The zero-order valence-electron chi connectivity index (χ0n) is 15.1. The Hall–Kier alpha value is -2.04. The molecule has 1 saturated heterocycles. The molecule has 8 heteroatoms. The Bertz CT molecular complexity index is 748. The van der Waals surface area contributed by atoms with Crippen LogP contribution in [0.25, 0.3) is 6.08 Å². The summed E-state index contributed by atoms with van der Waals surface area (Å²) in [6.07, 6.45) is -1.93. The van der Waals surface area contributed by atoms with E-state index in [1.807, 2.05) is 18.7 Å². The third-order valence-electron chi connectivity index (χ3n) is 4.51. The number of carbonyl (C=O) groups is 1. The normalized spacial score (nSPS) is 17.3. The Labute approximate surface area is 161 Å². The maximum atomic E-state index is 12.8. The molecule has 0 saturated carbocycles. The third-order valence-corrected chi connectivity index (χ3v) is 4.86. The van der Waals surface area contributed by atoms with Crippen LogP contribution in [0.1, 0.15) is 25.0 Å². The Morgan fingerprint density at radius 1 is 1.26 bits per heavy atom. The SMILES string of the molecule is CC(C)C(C#N)N1CCN(C(=O)/C=C/c2cc(C(F)(F)F)ccc2Cl)CC1. The van der Waals surface area contributed by atoms with Gasteiger partial charge in [0.05, 0.1) is 11.6 Å². The summed E-state index contributed by atoms with van der Waals surface area (Å²) in [7, 11) is 0. The van der Waals surface area contributed by atoms with Crippen molar-refractivity contribution < 1.29 is 18.0 Å². The summed E-state index contributed by atoms with van der Waals surface area (Å²) >= 11 is 5.93. The first-order chi connectivity index (χ1) is 12.6. The van der Waals surface area contributed by atoms with Crippen LogP contribution in [0.3, 0.4) is 0 Å². The van der Waals surface area contributed by atoms with Crippen molar-refractivity contribution in [3.05, 3.63) is 40.4 Å². The molecule has 0 aliphatic carbocycles. The van der Waals surface area contributed by atoms with Gasteiger partial charge in [-0.05, 0) is 35.8 Å². The van der Waals surface area contributed by atoms with E-state index in [4.69, 9.17) is 11.6 Å². The number of halogens is 4. The highest BCUT2D eigenvalue weighted by Crippen LogP contribution is 2.32. The minimum absolute atomic E-state index is 0.142. The van der Waals surface area contributed by atoms with Crippen molar-refractivity contribution in [2.75, 3.05) is 26.2 Å². The van der Waals surface area contributed by atoms with Gasteiger partial charge in [-0.3, -0.25) is 9.69 Å². The molecule has 0 spiro atoms. The maximum absolute atomic E-state index is 12.8. The van der Waals surface area contributed by atoms with E-state index in [0.29, 0.717) is 26.2 Å². The Morgan fingerprint density at radius 3 is 2.41 bits per heavy atom. The van der Waals surface area contributed by atoms with Crippen LogP contribution in [0.2, 0.25) is 5.02 Å². The van der Waals surface area contributed by atoms with Gasteiger partial charge in [-0.25, -0.2) is 0 Å². The molecule has 1 fully saturated rings. The van der Waals surface area contributed by atoms with E-state index in [1.54, 1.807) is 4.90 Å². The summed E-state index contributed by atoms with van der Waals surface area (Å²) < 4.78 is 38.4. The van der Waals surface area contributed by atoms with Gasteiger partial charge in [-0.1, -0.05) is 25.4 Å². The molecule has 0 bridgehead atoms. The first-order valence-electron chi connectivity index (χ1n) is 8.61. The van der Waals surface area contributed by atoms with Gasteiger partial charge in [-0.2, -0.15) is 18.4 Å². The fourth-order valence-electron chi connectivity index (χ4n) is 2.99. The lowest BCUT2D eigenvalue weighted by molar-refractivity contribution is -0.137. The van der Waals surface area contributed by atoms with Crippen LogP contribution in [0.15, 0.2) is 24.3 Å². The average molecular weight is 400 g/mol. The van der Waals surface area contributed by atoms with Gasteiger partial charge in [0.2, 0.25) is 5.91 Å². The molecule has 2 rings (SSSR count). The molecule has 1 aliphatic heterocycles. The second kappa shape index (κ2) is 8.77. The predicted molar refractivity (Wildman–Crippen MR) is 97.9 cm³/mol. The van der Waals surface area contributed by atoms with E-state index in [1.165, 1.54) is 18.2 Å². The summed E-state index contributed by atoms with van der Waals surface area (Å²) in [6, 6.07) is 5.09. The zero-order valence-corrected chi connectivity index (χ0v) is 15.9. The average Bonchev–Trinajstić information content (AvgIpc) is 2.60. The van der Waals surface area contributed by atoms with Gasteiger partial charge in [0, 0.05) is 37.3 Å². The predicted octanol–water partition coefficient (Wildman–Crippen LogP) is 4.06. The van der Waals surface area contributed by atoms with Gasteiger partial charge in [-0.15, -0.1) is 0 Å². The molecule has 1 amide bonds. The second-order valence-electron chi connectivity index (χ2n) is 6.75. The molecule has 1 heterocycles. The number of amides is 1. The lowest BCUT2D eigenvalue weighted by Crippen LogP contribution is -2.52. The Kier molecular flexibility index (Phi) is 6.90. The molecule has 27 heavy (non-hydrogen) atoms. The molecule has 1 aromatic rings. The van der Waals surface area contributed by atoms with E-state index < -0.39 is 11.7 Å². The van der Waals surface area contributed by atoms with Gasteiger partial charge in [0.1, 0.15) is 6.04 Å². The minimum Gasteiger partial charge on any atom is -0.337 e. The molecule has 0 radical (unpaired) electrons. The van der Waals surface area contributed by atoms with E-state index in [-0.39, 0.29) is 28.5 Å². The number of hydrogen-bond acceptors (Lipinski definition) is 3. The molecule has 1 aliphatic rings. The van der Waals surface area contributed by atoms with Crippen LogP contribution in [-0.4, -0.2) is 47.9 Å². The van der Waals surface area contributed by atoms with Gasteiger partial charge in [0.25, 0.3) is 0 Å². The van der Waals surface area contributed by atoms with Crippen LogP contribution in [0.5, 0.6) is 0 Å². The molecule has 146 valence electrons. The standard InChI is InChI=1S/C19H21ClF3N3O/c1-13(2)17(12-24)25-7-9-26(10-8-25)18(27)6-3-14-11-15(19(21,22)23)4-5-16(14)20/h3-6,11,13,17H,7-10H2,1-2H3/b6-3+. The maximum Gasteiger partial charge on any atom is 0.416 e. The fourth-order valence-corrected chi connectivity index (χ4v) is 3.17. The number of nitrogens with zero attached hydrogens (tertiary/aromatic N) is 3. The summed E-state index contributed by atoms with van der Waals surface area (Å²) in [5.74, 6) is -0.0959. The number of nitriles is 1. The zero-order chi connectivity index (χ0) is 20.2. The Balaban J connectivity index is 2.02. The molecular weight excluding hydrogens is 379 g/mol. The van der Waals surface area contributed by atoms with Crippen molar-refractivity contribution in [2.24, 2.45) is 5.92 Å². The quantitative estimate of drug-likeness (QED) is 0.717. The third kappa shape index (κ3) is 5.47. The first-order valence-corrected chi connectivity index (χ1v) is 8.98. The number of benzene rings is 1. The van der Waals surface area contributed by atoms with Crippen molar-refractivity contribution >= 4 is 23.6 Å². The molecule has 1 atom stereocenters. The van der Waals surface area contributed by atoms with Crippen molar-refractivity contribution in [1.82, 2.24) is 9.80 Å². The molecule has 1 aromatic carbocycles. The Morgan fingerprint density at radius 2 is 1.89 bits per heavy atom. The highest BCUT2D eigenvalue weighted by molar-refractivity contribution is 6.32. The lowest BCUT2D eigenvalue weighted by Gasteiger charge is -2.37. The number of alkyl halides is 3. The van der Waals surface area contributed by atoms with E-state index in [0.717, 1.165) is 12.1 Å². The summed E-state index contributed by atoms with van der Waals surface area (Å²) in [6.45, 7) is 6.05. The number of hydrogen-bond donors (Lipinski definition) is 0. The fraction of sp³-hybridized carbons (Fsp3) is 0.474. The highest BCUT2D eigenvalue weighted by Gasteiger charge is 2.31. The lowest BCUT2D eigenvalue weighted by atomic mass is 10.0. The minimum atomic E-state index is -4.47. The number of piperazine rings is 1. The number of rotatable bonds is 4. The second-order valence-corrected chi connectivity index (χ2v) is 7.15. The van der Waals surface area contributed by atoms with Gasteiger partial charge >= 0.3 is 6.18 Å². The summed E-state index contributed by atoms with van der Waals surface area (Å²) in [5.41, 5.74) is -0.674. The topological polar surface area (TPSA) is 47.3 Å². The van der Waals surface area contributed by atoms with E-state index in [9.17, 15) is 23.2 Å². The molecule has 1 unspecified atom stereocenters. The van der Waals surface area contributed by atoms with Crippen LogP contribution in [0.4, 0.5) is 13.2 Å². The van der Waals surface area contributed by atoms with Crippen molar-refractivity contribution in [2.45, 2.75) is 26.1 Å². The van der Waals surface area contributed by atoms with E-state index in [2.05, 4.69) is 6.07 Å². The van der Waals surface area contributed by atoms with Crippen molar-refractivity contribution in [1.29, 1.82) is 5.26 Å². The highest BCUT2D eigenvalue weighted by atomic mass is 35.5. The summed E-state index contributed by atoms with van der Waals surface area (Å²) in [5, 5.41) is 9.41. The first kappa shape index (κ1) is 21.3. The van der Waals surface area contributed by atoms with Crippen molar-refractivity contribution in [3.63, 3.8) is 0 Å². The van der Waals surface area contributed by atoms with Gasteiger partial charge < -0.3 is 4.90 Å². The molecular formula is C19H21ClF3N3O. The van der Waals surface area contributed by atoms with Crippen LogP contribution < -0.4 is 0 Å². The van der Waals surface area contributed by atoms with Crippen LogP contribution >= 0.6 is 11.6 Å². The molecule has 4 nitrogen and oxygen atoms in total. The summed E-state index contributed by atoms with van der Waals surface area (Å²) in [4.78, 5) is 16.0. The smallest absolute Gasteiger partial charge is 0.337 e. The van der Waals surface area contributed by atoms with Crippen LogP contribution in [0, 0.1) is 17.2 Å². The molecule has 0 N–H and O–H groups in total. The monoisotopic (exact) mass is 399 g/mol. The number of carbonyl (C=O) groups excluding carboxylic acids is 1. The molecule has 0 aromatic heterocycles. The van der Waals surface area contributed by atoms with Gasteiger partial charge in [0.15, 0.2) is 0 Å². The van der Waals surface area contributed by atoms with Crippen molar-refractivity contribution in [3.8, 4) is 6.07 Å². The largest absolute Gasteiger partial charge is 0.416 e. The van der Waals surface area contributed by atoms with Crippen LogP contribution in [-0.2, 0) is 11.0 Å². The van der Waals surface area contributed by atoms with E-state index >= 15 is 0 Å².